The SMILES string of the molecule is CCCn1c(=NC(=O)Cc2ccc(SC(C)C)cc2)sc2cc(SC)ccc21. The number of amides is 1. The Balaban J connectivity index is 1.86. The summed E-state index contributed by atoms with van der Waals surface area (Å²) in [6, 6.07) is 14.7. The Bertz CT molecular complexity index is 1020. The molecule has 3 nitrogen and oxygen atoms in total. The Morgan fingerprint density at radius 2 is 1.86 bits per heavy atom. The van der Waals surface area contributed by atoms with Crippen molar-refractivity contribution < 1.29 is 4.79 Å². The fourth-order valence-corrected chi connectivity index (χ4v) is 5.45. The Morgan fingerprint density at radius 1 is 1.14 bits per heavy atom. The monoisotopic (exact) mass is 430 g/mol. The van der Waals surface area contributed by atoms with E-state index in [2.05, 4.69) is 66.9 Å². The molecule has 148 valence electrons. The van der Waals surface area contributed by atoms with Gasteiger partial charge in [-0.2, -0.15) is 4.99 Å². The minimum absolute atomic E-state index is 0.0919. The van der Waals surface area contributed by atoms with Crippen LogP contribution in [0.5, 0.6) is 0 Å². The van der Waals surface area contributed by atoms with Crippen LogP contribution in [0.1, 0.15) is 32.8 Å². The number of aromatic nitrogens is 1. The number of rotatable bonds is 7. The molecular weight excluding hydrogens is 404 g/mol. The van der Waals surface area contributed by atoms with Gasteiger partial charge in [0.05, 0.1) is 16.6 Å². The highest BCUT2D eigenvalue weighted by atomic mass is 32.2. The molecule has 28 heavy (non-hydrogen) atoms. The molecule has 0 N–H and O–H groups in total. The van der Waals surface area contributed by atoms with Crippen molar-refractivity contribution in [2.24, 2.45) is 4.99 Å². The van der Waals surface area contributed by atoms with Gasteiger partial charge in [-0.3, -0.25) is 4.79 Å². The summed E-state index contributed by atoms with van der Waals surface area (Å²) in [7, 11) is 0. The molecule has 0 unspecified atom stereocenters. The molecule has 0 aliphatic carbocycles. The molecule has 0 radical (unpaired) electrons. The Hall–Kier alpha value is -1.50. The maximum atomic E-state index is 12.6. The highest BCUT2D eigenvalue weighted by Gasteiger charge is 2.09. The number of thiazole rings is 1. The number of aryl methyl sites for hydroxylation is 1. The van der Waals surface area contributed by atoms with Crippen LogP contribution >= 0.6 is 34.9 Å². The number of hydrogen-bond acceptors (Lipinski definition) is 4. The van der Waals surface area contributed by atoms with E-state index in [0.717, 1.165) is 28.8 Å². The summed E-state index contributed by atoms with van der Waals surface area (Å²) < 4.78 is 3.35. The van der Waals surface area contributed by atoms with Crippen LogP contribution in [-0.4, -0.2) is 22.0 Å². The summed E-state index contributed by atoms with van der Waals surface area (Å²) in [6.45, 7) is 7.38. The van der Waals surface area contributed by atoms with Gasteiger partial charge in [-0.1, -0.05) is 44.2 Å². The van der Waals surface area contributed by atoms with Crippen LogP contribution in [0.4, 0.5) is 0 Å². The number of carbonyl (C=O) groups is 1. The van der Waals surface area contributed by atoms with Gasteiger partial charge in [0.15, 0.2) is 4.80 Å². The molecule has 0 aliphatic heterocycles. The molecule has 2 aromatic carbocycles. The lowest BCUT2D eigenvalue weighted by molar-refractivity contribution is -0.117. The predicted octanol–water partition coefficient (Wildman–Crippen LogP) is 6.01. The van der Waals surface area contributed by atoms with E-state index in [4.69, 9.17) is 0 Å². The average Bonchev–Trinajstić information content (AvgIpc) is 2.99. The molecule has 0 spiro atoms. The van der Waals surface area contributed by atoms with Crippen LogP contribution in [-0.2, 0) is 17.8 Å². The van der Waals surface area contributed by atoms with Crippen molar-refractivity contribution in [2.45, 2.75) is 55.2 Å². The zero-order chi connectivity index (χ0) is 20.1. The number of hydrogen-bond donors (Lipinski definition) is 0. The fraction of sp³-hybridized carbons (Fsp3) is 0.364. The third-order valence-corrected chi connectivity index (χ3v) is 6.99. The first-order valence-electron chi connectivity index (χ1n) is 9.50. The first-order chi connectivity index (χ1) is 13.5. The Morgan fingerprint density at radius 3 is 2.50 bits per heavy atom. The molecule has 3 rings (SSSR count). The predicted molar refractivity (Wildman–Crippen MR) is 124 cm³/mol. The quantitative estimate of drug-likeness (QED) is 0.431. The standard InChI is InChI=1S/C22H26N2OS3/c1-5-12-24-19-11-10-18(26-4)14-20(19)28-22(24)23-21(25)13-16-6-8-17(9-7-16)27-15(2)3/h6-11,14-15H,5,12-13H2,1-4H3. The third-order valence-electron chi connectivity index (χ3n) is 4.21. The minimum Gasteiger partial charge on any atom is -0.316 e. The van der Waals surface area contributed by atoms with Crippen LogP contribution in [0.15, 0.2) is 57.2 Å². The maximum absolute atomic E-state index is 12.6. The number of nitrogens with zero attached hydrogens (tertiary/aromatic N) is 2. The summed E-state index contributed by atoms with van der Waals surface area (Å²) in [5.41, 5.74) is 2.17. The van der Waals surface area contributed by atoms with Gasteiger partial charge < -0.3 is 4.57 Å². The van der Waals surface area contributed by atoms with Gasteiger partial charge in [-0.25, -0.2) is 0 Å². The summed E-state index contributed by atoms with van der Waals surface area (Å²) in [5, 5.41) is 0.552. The van der Waals surface area contributed by atoms with Crippen molar-refractivity contribution in [1.29, 1.82) is 0 Å². The highest BCUT2D eigenvalue weighted by Crippen LogP contribution is 2.25. The van der Waals surface area contributed by atoms with E-state index in [1.165, 1.54) is 14.5 Å². The summed E-state index contributed by atoms with van der Waals surface area (Å²) in [6.07, 6.45) is 3.42. The molecule has 0 fully saturated rings. The second kappa shape index (κ2) is 9.81. The Kier molecular flexibility index (Phi) is 7.43. The van der Waals surface area contributed by atoms with Crippen molar-refractivity contribution in [2.75, 3.05) is 6.26 Å². The summed E-state index contributed by atoms with van der Waals surface area (Å²) >= 11 is 5.16. The van der Waals surface area contributed by atoms with Gasteiger partial charge >= 0.3 is 0 Å². The maximum Gasteiger partial charge on any atom is 0.252 e. The second-order valence-electron chi connectivity index (χ2n) is 6.86. The largest absolute Gasteiger partial charge is 0.316 e. The van der Waals surface area contributed by atoms with Crippen LogP contribution in [0, 0.1) is 0 Å². The molecule has 0 saturated heterocycles. The number of fused-ring (bicyclic) bond motifs is 1. The van der Waals surface area contributed by atoms with Crippen molar-refractivity contribution in [3.05, 3.63) is 52.8 Å². The molecule has 0 bridgehead atoms. The first-order valence-corrected chi connectivity index (χ1v) is 12.4. The zero-order valence-corrected chi connectivity index (χ0v) is 19.2. The van der Waals surface area contributed by atoms with Crippen LogP contribution < -0.4 is 4.80 Å². The molecule has 0 aliphatic rings. The van der Waals surface area contributed by atoms with Gasteiger partial charge in [0.25, 0.3) is 5.91 Å². The van der Waals surface area contributed by atoms with Crippen molar-refractivity contribution in [1.82, 2.24) is 4.57 Å². The van der Waals surface area contributed by atoms with E-state index in [0.29, 0.717) is 11.7 Å². The van der Waals surface area contributed by atoms with Gasteiger partial charge in [0.2, 0.25) is 0 Å². The topological polar surface area (TPSA) is 34.4 Å². The first kappa shape index (κ1) is 21.2. The molecule has 1 heterocycles. The molecular formula is C22H26N2OS3. The normalized spacial score (nSPS) is 12.2. The van der Waals surface area contributed by atoms with Gasteiger partial charge in [0.1, 0.15) is 0 Å². The molecule has 1 amide bonds. The number of benzene rings is 2. The summed E-state index contributed by atoms with van der Waals surface area (Å²) in [5.74, 6) is -0.0919. The Labute approximate surface area is 179 Å². The fourth-order valence-electron chi connectivity index (χ4n) is 2.98. The highest BCUT2D eigenvalue weighted by molar-refractivity contribution is 8.00. The summed E-state index contributed by atoms with van der Waals surface area (Å²) in [4.78, 5) is 20.3. The van der Waals surface area contributed by atoms with Gasteiger partial charge in [-0.05, 0) is 48.6 Å². The van der Waals surface area contributed by atoms with E-state index in [-0.39, 0.29) is 5.91 Å². The van der Waals surface area contributed by atoms with Crippen molar-refractivity contribution in [3.63, 3.8) is 0 Å². The van der Waals surface area contributed by atoms with Crippen LogP contribution in [0.2, 0.25) is 0 Å². The van der Waals surface area contributed by atoms with E-state index >= 15 is 0 Å². The molecule has 6 heteroatoms. The van der Waals surface area contributed by atoms with Crippen molar-refractivity contribution >= 4 is 51.0 Å². The van der Waals surface area contributed by atoms with Gasteiger partial charge in [0, 0.05) is 21.6 Å². The minimum atomic E-state index is -0.0919. The second-order valence-corrected chi connectivity index (χ2v) is 10.4. The molecule has 3 aromatic rings. The lowest BCUT2D eigenvalue weighted by Crippen LogP contribution is -2.17. The number of carbonyl (C=O) groups excluding carboxylic acids is 1. The molecule has 0 atom stereocenters. The van der Waals surface area contributed by atoms with Crippen molar-refractivity contribution in [3.8, 4) is 0 Å². The lowest BCUT2D eigenvalue weighted by Gasteiger charge is -2.05. The van der Waals surface area contributed by atoms with E-state index < -0.39 is 0 Å². The zero-order valence-electron chi connectivity index (χ0n) is 16.8. The number of thioether (sulfide) groups is 2. The van der Waals surface area contributed by atoms with E-state index in [1.807, 2.05) is 23.9 Å². The van der Waals surface area contributed by atoms with E-state index in [9.17, 15) is 4.79 Å². The van der Waals surface area contributed by atoms with E-state index in [1.54, 1.807) is 23.1 Å². The van der Waals surface area contributed by atoms with Crippen LogP contribution in [0.3, 0.4) is 0 Å². The molecule has 0 saturated carbocycles. The van der Waals surface area contributed by atoms with Gasteiger partial charge in [-0.15, -0.1) is 23.5 Å². The van der Waals surface area contributed by atoms with Crippen LogP contribution in [0.25, 0.3) is 10.2 Å². The average molecular weight is 431 g/mol. The molecule has 1 aromatic heterocycles. The lowest BCUT2D eigenvalue weighted by atomic mass is 10.1. The third kappa shape index (κ3) is 5.31. The smallest absolute Gasteiger partial charge is 0.252 e.